The SMILES string of the molecule is ClN=C(c1ccc(Br)cc1)N(Cl)Cl. The second kappa shape index (κ2) is 5.05. The topological polar surface area (TPSA) is 15.6 Å². The molecule has 0 unspecified atom stereocenters. The molecule has 0 saturated carbocycles. The van der Waals surface area contributed by atoms with Crippen LogP contribution in [0.2, 0.25) is 0 Å². The molecule has 0 atom stereocenters. The van der Waals surface area contributed by atoms with Crippen molar-refractivity contribution in [3.63, 3.8) is 0 Å². The average molecular weight is 302 g/mol. The number of amidine groups is 1. The molecule has 0 saturated heterocycles. The van der Waals surface area contributed by atoms with Gasteiger partial charge in [-0.25, -0.2) is 0 Å². The molecule has 1 aromatic carbocycles. The predicted octanol–water partition coefficient (Wildman–Crippen LogP) is 3.96. The minimum absolute atomic E-state index is 0.289. The van der Waals surface area contributed by atoms with Gasteiger partial charge in [0.1, 0.15) is 0 Å². The Labute approximate surface area is 99.6 Å². The van der Waals surface area contributed by atoms with Gasteiger partial charge in [0.25, 0.3) is 0 Å². The lowest BCUT2D eigenvalue weighted by Crippen LogP contribution is -2.11. The van der Waals surface area contributed by atoms with E-state index in [2.05, 4.69) is 20.4 Å². The lowest BCUT2D eigenvalue weighted by molar-refractivity contribution is 1.08. The van der Waals surface area contributed by atoms with E-state index in [1.54, 1.807) is 12.1 Å². The van der Waals surface area contributed by atoms with Gasteiger partial charge in [0.2, 0.25) is 0 Å². The van der Waals surface area contributed by atoms with Gasteiger partial charge in [-0.1, -0.05) is 28.1 Å². The lowest BCUT2D eigenvalue weighted by Gasteiger charge is -2.07. The molecule has 2 nitrogen and oxygen atoms in total. The van der Waals surface area contributed by atoms with E-state index in [0.29, 0.717) is 0 Å². The zero-order valence-corrected chi connectivity index (χ0v) is 10.1. The van der Waals surface area contributed by atoms with Crippen LogP contribution in [0.4, 0.5) is 0 Å². The highest BCUT2D eigenvalue weighted by atomic mass is 79.9. The first-order valence-electron chi connectivity index (χ1n) is 3.21. The molecule has 0 amide bonds. The Balaban J connectivity index is 3.00. The number of nitrogens with zero attached hydrogens (tertiary/aromatic N) is 2. The summed E-state index contributed by atoms with van der Waals surface area (Å²) in [4.78, 5) is 0. The Morgan fingerprint density at radius 1 is 1.23 bits per heavy atom. The van der Waals surface area contributed by atoms with Crippen molar-refractivity contribution in [2.75, 3.05) is 0 Å². The van der Waals surface area contributed by atoms with Crippen LogP contribution in [0, 0.1) is 0 Å². The number of benzene rings is 1. The van der Waals surface area contributed by atoms with Crippen molar-refractivity contribution >= 4 is 57.1 Å². The van der Waals surface area contributed by atoms with Gasteiger partial charge < -0.3 is 0 Å². The number of halogens is 4. The fourth-order valence-electron chi connectivity index (χ4n) is 0.774. The second-order valence-electron chi connectivity index (χ2n) is 2.15. The van der Waals surface area contributed by atoms with E-state index in [0.717, 1.165) is 14.0 Å². The standard InChI is InChI=1S/C7H4BrCl3N2/c8-6-3-1-5(2-4-6)7(12-9)13(10)11/h1-4H. The minimum Gasteiger partial charge on any atom is -0.173 e. The summed E-state index contributed by atoms with van der Waals surface area (Å²) in [6.07, 6.45) is 0. The molecular formula is C7H4BrCl3N2. The molecule has 0 aliphatic heterocycles. The summed E-state index contributed by atoms with van der Waals surface area (Å²) >= 11 is 19.6. The molecule has 13 heavy (non-hydrogen) atoms. The van der Waals surface area contributed by atoms with Gasteiger partial charge in [-0.05, 0) is 12.1 Å². The molecular weight excluding hydrogens is 298 g/mol. The first-order chi connectivity index (χ1) is 6.15. The van der Waals surface area contributed by atoms with E-state index < -0.39 is 0 Å². The maximum atomic E-state index is 5.49. The Morgan fingerprint density at radius 2 is 1.77 bits per heavy atom. The quantitative estimate of drug-likeness (QED) is 0.435. The molecule has 0 fully saturated rings. The summed E-state index contributed by atoms with van der Waals surface area (Å²) in [5.74, 6) is 0.289. The molecule has 0 aliphatic rings. The van der Waals surface area contributed by atoms with Crippen LogP contribution in [-0.4, -0.2) is 9.77 Å². The van der Waals surface area contributed by atoms with Crippen molar-refractivity contribution in [3.8, 4) is 0 Å². The second-order valence-corrected chi connectivity index (χ2v) is 4.08. The van der Waals surface area contributed by atoms with E-state index >= 15 is 0 Å². The monoisotopic (exact) mass is 300 g/mol. The van der Waals surface area contributed by atoms with Gasteiger partial charge in [-0.15, -0.1) is 0 Å². The fourth-order valence-corrected chi connectivity index (χ4v) is 1.56. The van der Waals surface area contributed by atoms with Crippen LogP contribution < -0.4 is 0 Å². The Morgan fingerprint density at radius 3 is 2.15 bits per heavy atom. The number of hydrogen-bond donors (Lipinski definition) is 0. The van der Waals surface area contributed by atoms with Crippen molar-refractivity contribution in [1.82, 2.24) is 3.94 Å². The minimum atomic E-state index is 0.289. The highest BCUT2D eigenvalue weighted by Gasteiger charge is 2.08. The van der Waals surface area contributed by atoms with Gasteiger partial charge in [0, 0.05) is 45.4 Å². The van der Waals surface area contributed by atoms with Gasteiger partial charge in [-0.2, -0.15) is 8.45 Å². The van der Waals surface area contributed by atoms with Crippen molar-refractivity contribution in [2.45, 2.75) is 0 Å². The third-order valence-electron chi connectivity index (χ3n) is 1.34. The van der Waals surface area contributed by atoms with E-state index in [9.17, 15) is 0 Å². The summed E-state index contributed by atoms with van der Waals surface area (Å²) in [7, 11) is 0. The summed E-state index contributed by atoms with van der Waals surface area (Å²) < 4.78 is 5.20. The maximum Gasteiger partial charge on any atom is 0.180 e. The van der Waals surface area contributed by atoms with Crippen LogP contribution in [0.25, 0.3) is 0 Å². The average Bonchev–Trinajstić information content (AvgIpc) is 2.09. The first kappa shape index (κ1) is 11.1. The highest BCUT2D eigenvalue weighted by molar-refractivity contribution is 9.10. The molecule has 0 heterocycles. The summed E-state index contributed by atoms with van der Waals surface area (Å²) in [5, 5.41) is 0. The largest absolute Gasteiger partial charge is 0.180 e. The fraction of sp³-hybridized carbons (Fsp3) is 0. The normalized spacial score (nSPS) is 11.5. The van der Waals surface area contributed by atoms with Crippen LogP contribution in [0.1, 0.15) is 5.56 Å². The van der Waals surface area contributed by atoms with Crippen LogP contribution in [-0.2, 0) is 0 Å². The molecule has 0 aliphatic carbocycles. The predicted molar refractivity (Wildman–Crippen MR) is 60.1 cm³/mol. The van der Waals surface area contributed by atoms with Gasteiger partial charge in [0.05, 0.1) is 0 Å². The molecule has 0 N–H and O–H groups in total. The van der Waals surface area contributed by atoms with Crippen LogP contribution >= 0.6 is 51.3 Å². The molecule has 0 spiro atoms. The summed E-state index contributed by atoms with van der Waals surface area (Å²) in [5.41, 5.74) is 0.739. The highest BCUT2D eigenvalue weighted by Crippen LogP contribution is 2.15. The van der Waals surface area contributed by atoms with Crippen molar-refractivity contribution < 1.29 is 0 Å². The van der Waals surface area contributed by atoms with E-state index in [-0.39, 0.29) is 5.84 Å². The first-order valence-corrected chi connectivity index (χ1v) is 5.02. The maximum absolute atomic E-state index is 5.49. The third kappa shape index (κ3) is 3.02. The third-order valence-corrected chi connectivity index (χ3v) is 2.35. The van der Waals surface area contributed by atoms with Gasteiger partial charge in [0.15, 0.2) is 5.84 Å². The van der Waals surface area contributed by atoms with Gasteiger partial charge >= 0.3 is 0 Å². The molecule has 0 bridgehead atoms. The Hall–Kier alpha value is 0.0400. The van der Waals surface area contributed by atoms with E-state index in [4.69, 9.17) is 35.3 Å². The molecule has 0 radical (unpaired) electrons. The molecule has 1 rings (SSSR count). The molecule has 70 valence electrons. The number of hydrogen-bond acceptors (Lipinski definition) is 1. The summed E-state index contributed by atoms with van der Waals surface area (Å²) in [6, 6.07) is 7.27. The Kier molecular flexibility index (Phi) is 4.32. The smallest absolute Gasteiger partial charge is 0.173 e. The molecule has 1 aromatic rings. The van der Waals surface area contributed by atoms with Crippen molar-refractivity contribution in [2.24, 2.45) is 4.51 Å². The van der Waals surface area contributed by atoms with Crippen LogP contribution in [0.15, 0.2) is 33.2 Å². The molecule has 0 aromatic heterocycles. The van der Waals surface area contributed by atoms with Crippen LogP contribution in [0.5, 0.6) is 0 Å². The zero-order valence-electron chi connectivity index (χ0n) is 6.22. The number of rotatable bonds is 1. The van der Waals surface area contributed by atoms with E-state index in [1.807, 2.05) is 12.1 Å². The lowest BCUT2D eigenvalue weighted by atomic mass is 10.2. The van der Waals surface area contributed by atoms with E-state index in [1.165, 1.54) is 0 Å². The van der Waals surface area contributed by atoms with Gasteiger partial charge in [-0.3, -0.25) is 0 Å². The molecule has 6 heteroatoms. The van der Waals surface area contributed by atoms with Crippen molar-refractivity contribution in [1.29, 1.82) is 0 Å². The summed E-state index contributed by atoms with van der Waals surface area (Å²) in [6.45, 7) is 0. The Bertz CT molecular complexity index is 310. The zero-order chi connectivity index (χ0) is 9.84. The van der Waals surface area contributed by atoms with Crippen LogP contribution in [0.3, 0.4) is 0 Å². The van der Waals surface area contributed by atoms with Crippen molar-refractivity contribution in [3.05, 3.63) is 34.3 Å².